The van der Waals surface area contributed by atoms with E-state index in [1.165, 1.54) is 12.0 Å². The summed E-state index contributed by atoms with van der Waals surface area (Å²) in [5.41, 5.74) is 2.17. The smallest absolute Gasteiger partial charge is 0.178 e. The zero-order valence-electron chi connectivity index (χ0n) is 11.3. The molecule has 0 atom stereocenters. The highest BCUT2D eigenvalue weighted by molar-refractivity contribution is 5.56. The van der Waals surface area contributed by atoms with Crippen molar-refractivity contribution in [3.05, 3.63) is 55.0 Å². The summed E-state index contributed by atoms with van der Waals surface area (Å²) in [5.74, 6) is 0.750. The van der Waals surface area contributed by atoms with Crippen molar-refractivity contribution in [1.82, 2.24) is 24.3 Å². The Morgan fingerprint density at radius 1 is 1.25 bits per heavy atom. The van der Waals surface area contributed by atoms with Gasteiger partial charge in [0.15, 0.2) is 5.82 Å². The first-order chi connectivity index (χ1) is 9.88. The van der Waals surface area contributed by atoms with Crippen LogP contribution in [0.5, 0.6) is 0 Å². The Balaban J connectivity index is 1.81. The predicted molar refractivity (Wildman–Crippen MR) is 76.6 cm³/mol. The van der Waals surface area contributed by atoms with Crippen LogP contribution >= 0.6 is 0 Å². The summed E-state index contributed by atoms with van der Waals surface area (Å²) >= 11 is 0. The van der Waals surface area contributed by atoms with Crippen molar-refractivity contribution in [3.8, 4) is 5.82 Å². The van der Waals surface area contributed by atoms with Crippen LogP contribution in [0.1, 0.15) is 12.6 Å². The number of nitrogens with one attached hydrogen (secondary N) is 1. The second-order valence-corrected chi connectivity index (χ2v) is 4.35. The molecular weight excluding hydrogens is 252 g/mol. The zero-order chi connectivity index (χ0) is 13.8. The van der Waals surface area contributed by atoms with Crippen molar-refractivity contribution in [3.63, 3.8) is 0 Å². The van der Waals surface area contributed by atoms with Gasteiger partial charge < -0.3 is 9.88 Å². The highest BCUT2D eigenvalue weighted by atomic mass is 15.3. The maximum Gasteiger partial charge on any atom is 0.178 e. The van der Waals surface area contributed by atoms with E-state index in [0.717, 1.165) is 24.6 Å². The van der Waals surface area contributed by atoms with Crippen LogP contribution in [-0.2, 0) is 13.1 Å². The van der Waals surface area contributed by atoms with E-state index in [2.05, 4.69) is 50.2 Å². The lowest BCUT2D eigenvalue weighted by atomic mass is 10.3. The Bertz CT molecular complexity index is 671. The molecule has 6 heteroatoms. The molecule has 3 aromatic rings. The van der Waals surface area contributed by atoms with Crippen molar-refractivity contribution in [1.29, 1.82) is 0 Å². The summed E-state index contributed by atoms with van der Waals surface area (Å²) in [5, 5.41) is 7.53. The van der Waals surface area contributed by atoms with Gasteiger partial charge in [0.05, 0.1) is 12.2 Å². The molecule has 0 aliphatic rings. The van der Waals surface area contributed by atoms with Gasteiger partial charge in [0, 0.05) is 24.6 Å². The number of aromatic nitrogens is 5. The third kappa shape index (κ3) is 2.40. The van der Waals surface area contributed by atoms with Crippen molar-refractivity contribution >= 4 is 5.69 Å². The molecule has 3 aromatic heterocycles. The highest BCUT2D eigenvalue weighted by Gasteiger charge is 2.07. The number of anilines is 1. The van der Waals surface area contributed by atoms with Gasteiger partial charge in [0.25, 0.3) is 0 Å². The fraction of sp³-hybridized carbons (Fsp3) is 0.214. The van der Waals surface area contributed by atoms with E-state index in [0.29, 0.717) is 0 Å². The molecule has 3 heterocycles. The molecule has 3 rings (SSSR count). The van der Waals surface area contributed by atoms with Crippen molar-refractivity contribution in [2.75, 3.05) is 5.32 Å². The van der Waals surface area contributed by atoms with Crippen LogP contribution < -0.4 is 5.32 Å². The van der Waals surface area contributed by atoms with E-state index in [4.69, 9.17) is 0 Å². The monoisotopic (exact) mass is 268 g/mol. The second kappa shape index (κ2) is 5.56. The van der Waals surface area contributed by atoms with Gasteiger partial charge in [-0.1, -0.05) is 0 Å². The second-order valence-electron chi connectivity index (χ2n) is 4.35. The first-order valence-electron chi connectivity index (χ1n) is 6.56. The Labute approximate surface area is 117 Å². The van der Waals surface area contributed by atoms with E-state index in [1.807, 2.05) is 12.1 Å². The molecule has 0 spiro atoms. The van der Waals surface area contributed by atoms with E-state index in [1.54, 1.807) is 17.2 Å². The van der Waals surface area contributed by atoms with Gasteiger partial charge in [-0.2, -0.15) is 5.10 Å². The van der Waals surface area contributed by atoms with Crippen LogP contribution in [0, 0.1) is 0 Å². The molecule has 102 valence electrons. The van der Waals surface area contributed by atoms with Crippen molar-refractivity contribution < 1.29 is 0 Å². The zero-order valence-corrected chi connectivity index (χ0v) is 11.3. The minimum Gasteiger partial charge on any atom is -0.376 e. The molecule has 0 bridgehead atoms. The summed E-state index contributed by atoms with van der Waals surface area (Å²) < 4.78 is 3.86. The lowest BCUT2D eigenvalue weighted by molar-refractivity contribution is 0.723. The Morgan fingerprint density at radius 2 is 2.20 bits per heavy atom. The third-order valence-electron chi connectivity index (χ3n) is 3.15. The fourth-order valence-electron chi connectivity index (χ4n) is 2.14. The van der Waals surface area contributed by atoms with Gasteiger partial charge in [-0.3, -0.25) is 0 Å². The Hall–Kier alpha value is -2.63. The molecule has 0 aliphatic heterocycles. The number of aryl methyl sites for hydroxylation is 1. The maximum atomic E-state index is 4.35. The van der Waals surface area contributed by atoms with Crippen LogP contribution in [0.2, 0.25) is 0 Å². The van der Waals surface area contributed by atoms with Gasteiger partial charge >= 0.3 is 0 Å². The molecular formula is C14H16N6. The molecule has 0 aromatic carbocycles. The summed E-state index contributed by atoms with van der Waals surface area (Å²) in [7, 11) is 0. The minimum absolute atomic E-state index is 0.744. The van der Waals surface area contributed by atoms with Gasteiger partial charge in [-0.15, -0.1) is 0 Å². The molecule has 0 fully saturated rings. The average Bonchev–Trinajstić information content (AvgIpc) is 3.16. The molecule has 6 nitrogen and oxygen atoms in total. The van der Waals surface area contributed by atoms with Gasteiger partial charge in [-0.05, 0) is 31.2 Å². The van der Waals surface area contributed by atoms with Crippen LogP contribution in [0.15, 0.2) is 49.3 Å². The first kappa shape index (κ1) is 12.4. The largest absolute Gasteiger partial charge is 0.376 e. The predicted octanol–water partition coefficient (Wildman–Crippen LogP) is 2.10. The van der Waals surface area contributed by atoms with E-state index in [-0.39, 0.29) is 0 Å². The van der Waals surface area contributed by atoms with E-state index in [9.17, 15) is 0 Å². The average molecular weight is 268 g/mol. The molecule has 0 saturated heterocycles. The normalized spacial score (nSPS) is 10.7. The van der Waals surface area contributed by atoms with E-state index < -0.39 is 0 Å². The number of hydrogen-bond donors (Lipinski definition) is 1. The summed E-state index contributed by atoms with van der Waals surface area (Å²) in [6.07, 6.45) is 6.97. The molecule has 0 unspecified atom stereocenters. The summed E-state index contributed by atoms with van der Waals surface area (Å²) in [6, 6.07) is 8.06. The lowest BCUT2D eigenvalue weighted by Crippen LogP contribution is -2.09. The SMILES string of the molecule is CCn1cccc1CNc1cccnc1-n1cncn1. The quantitative estimate of drug-likeness (QED) is 0.769. The summed E-state index contributed by atoms with van der Waals surface area (Å²) in [4.78, 5) is 8.31. The highest BCUT2D eigenvalue weighted by Crippen LogP contribution is 2.17. The minimum atomic E-state index is 0.744. The summed E-state index contributed by atoms with van der Waals surface area (Å²) in [6.45, 7) is 3.84. The third-order valence-corrected chi connectivity index (χ3v) is 3.15. The number of hydrogen-bond acceptors (Lipinski definition) is 4. The fourth-order valence-corrected chi connectivity index (χ4v) is 2.14. The van der Waals surface area contributed by atoms with E-state index >= 15 is 0 Å². The molecule has 0 amide bonds. The Morgan fingerprint density at radius 3 is 3.00 bits per heavy atom. The van der Waals surface area contributed by atoms with Gasteiger partial charge in [0.2, 0.25) is 0 Å². The molecule has 0 saturated carbocycles. The molecule has 20 heavy (non-hydrogen) atoms. The molecule has 1 N–H and O–H groups in total. The van der Waals surface area contributed by atoms with Gasteiger partial charge in [0.1, 0.15) is 12.7 Å². The van der Waals surface area contributed by atoms with Crippen LogP contribution in [0.3, 0.4) is 0 Å². The van der Waals surface area contributed by atoms with Crippen molar-refractivity contribution in [2.24, 2.45) is 0 Å². The van der Waals surface area contributed by atoms with Crippen LogP contribution in [0.25, 0.3) is 5.82 Å². The van der Waals surface area contributed by atoms with Crippen molar-refractivity contribution in [2.45, 2.75) is 20.0 Å². The molecule has 0 aliphatic carbocycles. The lowest BCUT2D eigenvalue weighted by Gasteiger charge is -2.12. The number of pyridine rings is 1. The number of rotatable bonds is 5. The standard InChI is InChI=1S/C14H16N6/c1-2-19-8-4-5-12(19)9-17-13-6-3-7-16-14(13)20-11-15-10-18-20/h3-8,10-11,17H,2,9H2,1H3. The van der Waals surface area contributed by atoms with Crippen LogP contribution in [-0.4, -0.2) is 24.3 Å². The Kier molecular flexibility index (Phi) is 3.45. The topological polar surface area (TPSA) is 60.6 Å². The molecule has 0 radical (unpaired) electrons. The maximum absolute atomic E-state index is 4.35. The van der Waals surface area contributed by atoms with Gasteiger partial charge in [-0.25, -0.2) is 14.6 Å². The van der Waals surface area contributed by atoms with Crippen LogP contribution in [0.4, 0.5) is 5.69 Å². The first-order valence-corrected chi connectivity index (χ1v) is 6.56. The number of nitrogens with zero attached hydrogens (tertiary/aromatic N) is 5.